The molecule has 0 aliphatic heterocycles. The molecule has 3 aliphatic rings. The molecule has 3 fully saturated rings. The summed E-state index contributed by atoms with van der Waals surface area (Å²) in [6, 6.07) is 4.81. The zero-order valence-electron chi connectivity index (χ0n) is 9.50. The second-order valence-corrected chi connectivity index (χ2v) is 5.24. The van der Waals surface area contributed by atoms with Crippen LogP contribution in [-0.2, 0) is 10.2 Å². The van der Waals surface area contributed by atoms with Gasteiger partial charge in [0.2, 0.25) is 0 Å². The summed E-state index contributed by atoms with van der Waals surface area (Å²) in [4.78, 5) is 11.0. The minimum atomic E-state index is -0.742. The molecule has 2 bridgehead atoms. The summed E-state index contributed by atoms with van der Waals surface area (Å²) in [7, 11) is 1.49. The molecule has 17 heavy (non-hydrogen) atoms. The standard InChI is InChI=1S/C13H13FO3/c1-17-8-2-3-9(10(14)4-8)12-5-13(6-12,7-12)11(15)16/h2-4H,5-7H2,1H3,(H,15,16). The third-order valence-electron chi connectivity index (χ3n) is 4.23. The van der Waals surface area contributed by atoms with E-state index in [0.717, 1.165) is 0 Å². The number of benzene rings is 1. The number of methoxy groups -OCH3 is 1. The Labute approximate surface area is 98.2 Å². The Balaban J connectivity index is 1.87. The Morgan fingerprint density at radius 2 is 2.06 bits per heavy atom. The maximum absolute atomic E-state index is 13.9. The maximum atomic E-state index is 13.9. The van der Waals surface area contributed by atoms with E-state index in [2.05, 4.69) is 0 Å². The van der Waals surface area contributed by atoms with Crippen LogP contribution in [0, 0.1) is 11.2 Å². The van der Waals surface area contributed by atoms with E-state index >= 15 is 0 Å². The Hall–Kier alpha value is -1.58. The molecule has 3 saturated carbocycles. The second kappa shape index (κ2) is 3.00. The molecule has 4 heteroatoms. The largest absolute Gasteiger partial charge is 0.497 e. The van der Waals surface area contributed by atoms with Crippen LogP contribution in [0.15, 0.2) is 18.2 Å². The number of rotatable bonds is 3. The predicted octanol–water partition coefficient (Wildman–Crippen LogP) is 2.34. The average molecular weight is 236 g/mol. The van der Waals surface area contributed by atoms with Gasteiger partial charge in [0.1, 0.15) is 11.6 Å². The Bertz CT molecular complexity index is 490. The van der Waals surface area contributed by atoms with Gasteiger partial charge in [0.15, 0.2) is 0 Å². The van der Waals surface area contributed by atoms with Gasteiger partial charge >= 0.3 is 5.97 Å². The van der Waals surface area contributed by atoms with Crippen LogP contribution in [0.1, 0.15) is 24.8 Å². The highest BCUT2D eigenvalue weighted by Crippen LogP contribution is 2.73. The number of carbonyl (C=O) groups is 1. The van der Waals surface area contributed by atoms with Crippen molar-refractivity contribution in [1.82, 2.24) is 0 Å². The molecule has 3 aliphatic carbocycles. The lowest BCUT2D eigenvalue weighted by Crippen LogP contribution is -2.68. The van der Waals surface area contributed by atoms with Crippen molar-refractivity contribution in [3.63, 3.8) is 0 Å². The molecule has 4 rings (SSSR count). The first-order valence-electron chi connectivity index (χ1n) is 5.59. The zero-order valence-corrected chi connectivity index (χ0v) is 9.50. The number of aliphatic carboxylic acids is 1. The number of carboxylic acids is 1. The van der Waals surface area contributed by atoms with Crippen LogP contribution in [0.25, 0.3) is 0 Å². The van der Waals surface area contributed by atoms with E-state index in [1.54, 1.807) is 12.1 Å². The van der Waals surface area contributed by atoms with Gasteiger partial charge in [-0.3, -0.25) is 4.79 Å². The fourth-order valence-electron chi connectivity index (χ4n) is 3.35. The van der Waals surface area contributed by atoms with Crippen LogP contribution in [0.4, 0.5) is 4.39 Å². The molecule has 1 aromatic carbocycles. The molecule has 3 nitrogen and oxygen atoms in total. The van der Waals surface area contributed by atoms with Crippen molar-refractivity contribution in [3.05, 3.63) is 29.6 Å². The van der Waals surface area contributed by atoms with Gasteiger partial charge in [0.05, 0.1) is 12.5 Å². The Morgan fingerprint density at radius 1 is 1.41 bits per heavy atom. The molecule has 1 N–H and O–H groups in total. The van der Waals surface area contributed by atoms with Crippen molar-refractivity contribution in [3.8, 4) is 5.75 Å². The molecule has 1 aromatic rings. The molecular weight excluding hydrogens is 223 g/mol. The van der Waals surface area contributed by atoms with Crippen molar-refractivity contribution in [2.24, 2.45) is 5.41 Å². The lowest BCUT2D eigenvalue weighted by atomic mass is 9.33. The van der Waals surface area contributed by atoms with Gasteiger partial charge in [-0.05, 0) is 30.9 Å². The zero-order chi connectivity index (χ0) is 12.3. The summed E-state index contributed by atoms with van der Waals surface area (Å²) < 4.78 is 18.8. The van der Waals surface area contributed by atoms with Crippen molar-refractivity contribution in [2.75, 3.05) is 7.11 Å². The molecule has 90 valence electrons. The highest BCUT2D eigenvalue weighted by atomic mass is 19.1. The SMILES string of the molecule is COc1ccc(C23CC(C(=O)O)(C2)C3)c(F)c1. The van der Waals surface area contributed by atoms with Crippen LogP contribution >= 0.6 is 0 Å². The number of carboxylic acid groups (broad SMARTS) is 1. The third-order valence-corrected chi connectivity index (χ3v) is 4.23. The summed E-state index contributed by atoms with van der Waals surface area (Å²) >= 11 is 0. The number of hydrogen-bond acceptors (Lipinski definition) is 2. The summed E-state index contributed by atoms with van der Waals surface area (Å²) in [6.45, 7) is 0. The van der Waals surface area contributed by atoms with Gasteiger partial charge in [0, 0.05) is 11.5 Å². The fourth-order valence-corrected chi connectivity index (χ4v) is 3.35. The van der Waals surface area contributed by atoms with E-state index in [0.29, 0.717) is 30.6 Å². The highest BCUT2D eigenvalue weighted by molar-refractivity contribution is 5.81. The topological polar surface area (TPSA) is 46.5 Å². The number of ether oxygens (including phenoxy) is 1. The smallest absolute Gasteiger partial charge is 0.309 e. The van der Waals surface area contributed by atoms with Crippen LogP contribution < -0.4 is 4.74 Å². The molecule has 0 spiro atoms. The summed E-state index contributed by atoms with van der Waals surface area (Å²) in [6.07, 6.45) is 1.70. The Kier molecular flexibility index (Phi) is 1.86. The first-order valence-corrected chi connectivity index (χ1v) is 5.59. The van der Waals surface area contributed by atoms with Crippen LogP contribution in [-0.4, -0.2) is 18.2 Å². The molecule has 0 amide bonds. The number of halogens is 1. The predicted molar refractivity (Wildman–Crippen MR) is 58.5 cm³/mol. The monoisotopic (exact) mass is 236 g/mol. The highest BCUT2D eigenvalue weighted by Gasteiger charge is 2.72. The maximum Gasteiger partial charge on any atom is 0.309 e. The minimum Gasteiger partial charge on any atom is -0.497 e. The van der Waals surface area contributed by atoms with Gasteiger partial charge in [-0.15, -0.1) is 0 Å². The van der Waals surface area contributed by atoms with Crippen LogP contribution in [0.2, 0.25) is 0 Å². The lowest BCUT2D eigenvalue weighted by molar-refractivity contribution is -0.195. The molecule has 0 unspecified atom stereocenters. The van der Waals surface area contributed by atoms with E-state index in [4.69, 9.17) is 9.84 Å². The van der Waals surface area contributed by atoms with Crippen molar-refractivity contribution in [2.45, 2.75) is 24.7 Å². The summed E-state index contributed by atoms with van der Waals surface area (Å²) in [5.41, 5.74) is -0.150. The quantitative estimate of drug-likeness (QED) is 0.876. The third kappa shape index (κ3) is 1.18. The van der Waals surface area contributed by atoms with Gasteiger partial charge in [-0.25, -0.2) is 4.39 Å². The summed E-state index contributed by atoms with van der Waals surface area (Å²) in [5, 5.41) is 9.03. The lowest BCUT2D eigenvalue weighted by Gasteiger charge is -2.68. The van der Waals surface area contributed by atoms with Gasteiger partial charge in [-0.1, -0.05) is 6.07 Å². The molecule has 0 atom stereocenters. The molecular formula is C13H13FO3. The van der Waals surface area contributed by atoms with E-state index in [1.165, 1.54) is 13.2 Å². The summed E-state index contributed by atoms with van der Waals surface area (Å²) in [5.74, 6) is -0.540. The average Bonchev–Trinajstić information content (AvgIpc) is 2.15. The van der Waals surface area contributed by atoms with Crippen LogP contribution in [0.5, 0.6) is 5.75 Å². The van der Waals surface area contributed by atoms with Gasteiger partial charge < -0.3 is 9.84 Å². The van der Waals surface area contributed by atoms with E-state index < -0.39 is 11.4 Å². The molecule has 0 saturated heterocycles. The van der Waals surface area contributed by atoms with E-state index in [1.807, 2.05) is 0 Å². The van der Waals surface area contributed by atoms with Gasteiger partial charge in [-0.2, -0.15) is 0 Å². The molecule has 0 heterocycles. The number of hydrogen-bond donors (Lipinski definition) is 1. The fraction of sp³-hybridized carbons (Fsp3) is 0.462. The molecule has 0 radical (unpaired) electrons. The van der Waals surface area contributed by atoms with Gasteiger partial charge in [0.25, 0.3) is 0 Å². The normalized spacial score (nSPS) is 33.5. The molecule has 0 aromatic heterocycles. The minimum absolute atomic E-state index is 0.227. The first-order chi connectivity index (χ1) is 8.01. The van der Waals surface area contributed by atoms with E-state index in [-0.39, 0.29) is 11.2 Å². The van der Waals surface area contributed by atoms with E-state index in [9.17, 15) is 9.18 Å². The van der Waals surface area contributed by atoms with Crippen molar-refractivity contribution in [1.29, 1.82) is 0 Å². The first kappa shape index (κ1) is 10.6. The second-order valence-electron chi connectivity index (χ2n) is 5.24. The Morgan fingerprint density at radius 3 is 2.53 bits per heavy atom. The van der Waals surface area contributed by atoms with Crippen molar-refractivity contribution >= 4 is 5.97 Å². The van der Waals surface area contributed by atoms with Crippen LogP contribution in [0.3, 0.4) is 0 Å². The van der Waals surface area contributed by atoms with Crippen molar-refractivity contribution < 1.29 is 19.0 Å².